The maximum absolute atomic E-state index is 12.8. The van der Waals surface area contributed by atoms with Gasteiger partial charge in [0.05, 0.1) is 32.1 Å². The van der Waals surface area contributed by atoms with Crippen LogP contribution in [0.4, 0.5) is 23.7 Å². The Kier molecular flexibility index (Phi) is 5.54. The van der Waals surface area contributed by atoms with E-state index < -0.39 is 48.2 Å². The zero-order chi connectivity index (χ0) is 22.2. The molecule has 2 fully saturated rings. The summed E-state index contributed by atoms with van der Waals surface area (Å²) in [6.45, 7) is 0.203. The number of nitrogens with one attached hydrogen (secondary N) is 1. The van der Waals surface area contributed by atoms with Crippen LogP contribution in [0.15, 0.2) is 30.5 Å². The highest BCUT2D eigenvalue weighted by Gasteiger charge is 2.50. The van der Waals surface area contributed by atoms with Gasteiger partial charge in [0.1, 0.15) is 18.2 Å². The predicted octanol–water partition coefficient (Wildman–Crippen LogP) is 2.04. The van der Waals surface area contributed by atoms with Crippen LogP contribution in [-0.2, 0) is 25.1 Å². The second-order valence-corrected chi connectivity index (χ2v) is 6.89. The quantitative estimate of drug-likeness (QED) is 0.716. The number of hydrogen-bond donors (Lipinski definition) is 1. The number of fused-ring (bicyclic) bond motifs is 1. The molecule has 2 saturated heterocycles. The number of anilines is 1. The van der Waals surface area contributed by atoms with Gasteiger partial charge in [-0.1, -0.05) is 11.3 Å². The van der Waals surface area contributed by atoms with Crippen molar-refractivity contribution in [1.29, 1.82) is 0 Å². The zero-order valence-electron chi connectivity index (χ0n) is 16.0. The van der Waals surface area contributed by atoms with E-state index in [9.17, 15) is 22.8 Å². The molecular formula is C18H17F3N4O6. The van der Waals surface area contributed by atoms with Gasteiger partial charge in [-0.25, -0.2) is 14.3 Å². The van der Waals surface area contributed by atoms with Crippen LogP contribution in [0.2, 0.25) is 0 Å². The van der Waals surface area contributed by atoms with E-state index in [0.29, 0.717) is 0 Å². The van der Waals surface area contributed by atoms with Gasteiger partial charge in [-0.2, -0.15) is 13.2 Å². The first-order valence-electron chi connectivity index (χ1n) is 9.14. The smallest absolute Gasteiger partial charge is 0.416 e. The van der Waals surface area contributed by atoms with Crippen LogP contribution in [0.3, 0.4) is 0 Å². The van der Waals surface area contributed by atoms with Crippen LogP contribution in [0.25, 0.3) is 0 Å². The Hall–Kier alpha value is -3.19. The number of hydrogen-bond acceptors (Lipinski definition) is 8. The maximum Gasteiger partial charge on any atom is 0.416 e. The molecular weight excluding hydrogens is 425 g/mol. The monoisotopic (exact) mass is 442 g/mol. The summed E-state index contributed by atoms with van der Waals surface area (Å²) in [6.07, 6.45) is -5.96. The molecule has 0 bridgehead atoms. The van der Waals surface area contributed by atoms with Crippen molar-refractivity contribution in [3.63, 3.8) is 0 Å². The van der Waals surface area contributed by atoms with Crippen LogP contribution in [0.5, 0.6) is 0 Å². The van der Waals surface area contributed by atoms with Crippen molar-refractivity contribution >= 4 is 17.7 Å². The third-order valence-electron chi connectivity index (χ3n) is 4.92. The lowest BCUT2D eigenvalue weighted by molar-refractivity contribution is -0.137. The molecule has 166 valence electrons. The number of carbonyl (C=O) groups is 2. The van der Waals surface area contributed by atoms with Crippen molar-refractivity contribution < 1.29 is 41.7 Å². The number of methoxy groups -OCH3 is 1. The van der Waals surface area contributed by atoms with Gasteiger partial charge in [0.25, 0.3) is 0 Å². The Labute approximate surface area is 173 Å². The lowest BCUT2D eigenvalue weighted by Gasteiger charge is -2.17. The van der Waals surface area contributed by atoms with Crippen molar-refractivity contribution in [3.8, 4) is 0 Å². The lowest BCUT2D eigenvalue weighted by atomic mass is 10.1. The van der Waals surface area contributed by atoms with Gasteiger partial charge in [0.2, 0.25) is 0 Å². The molecule has 31 heavy (non-hydrogen) atoms. The summed E-state index contributed by atoms with van der Waals surface area (Å²) in [5.41, 5.74) is -0.925. The molecule has 4 unspecified atom stereocenters. The van der Waals surface area contributed by atoms with E-state index >= 15 is 0 Å². The number of alkyl halides is 3. The molecule has 2 aliphatic heterocycles. The second-order valence-electron chi connectivity index (χ2n) is 6.89. The van der Waals surface area contributed by atoms with Crippen LogP contribution in [0.1, 0.15) is 22.1 Å². The van der Waals surface area contributed by atoms with E-state index in [0.717, 1.165) is 12.1 Å². The molecule has 1 N–H and O–H groups in total. The average molecular weight is 442 g/mol. The molecule has 13 heteroatoms. The van der Waals surface area contributed by atoms with Gasteiger partial charge >= 0.3 is 18.2 Å². The van der Waals surface area contributed by atoms with Gasteiger partial charge in [-0.15, -0.1) is 5.10 Å². The number of halogens is 3. The van der Waals surface area contributed by atoms with E-state index in [2.05, 4.69) is 20.4 Å². The summed E-state index contributed by atoms with van der Waals surface area (Å²) in [7, 11) is 1.22. The highest BCUT2D eigenvalue weighted by molar-refractivity contribution is 5.86. The standard InChI is InChI=1S/C18H17F3N4O6/c1-28-16(26)11-6-25(24-23-11)12-7-29-15-13(8-30-14(12)15)31-17(27)22-10-4-2-3-9(5-10)18(19,20)21/h2-6,12-15H,7-8H2,1H3,(H,22,27). The Bertz CT molecular complexity index is 981. The summed E-state index contributed by atoms with van der Waals surface area (Å²) in [6, 6.07) is 3.79. The molecule has 1 aromatic carbocycles. The normalized spacial score (nSPS) is 25.2. The maximum atomic E-state index is 12.8. The summed E-state index contributed by atoms with van der Waals surface area (Å²) in [5, 5.41) is 9.90. The second kappa shape index (κ2) is 8.15. The number of amides is 1. The molecule has 0 aliphatic carbocycles. The predicted molar refractivity (Wildman–Crippen MR) is 95.2 cm³/mol. The average Bonchev–Trinajstić information content (AvgIpc) is 3.44. The van der Waals surface area contributed by atoms with Crippen LogP contribution in [0, 0.1) is 0 Å². The van der Waals surface area contributed by atoms with Crippen molar-refractivity contribution in [3.05, 3.63) is 41.7 Å². The zero-order valence-corrected chi connectivity index (χ0v) is 16.0. The lowest BCUT2D eigenvalue weighted by Crippen LogP contribution is -2.34. The van der Waals surface area contributed by atoms with Gasteiger partial charge < -0.3 is 18.9 Å². The first kappa shape index (κ1) is 21.1. The van der Waals surface area contributed by atoms with Crippen LogP contribution in [-0.4, -0.2) is 65.7 Å². The topological polar surface area (TPSA) is 114 Å². The summed E-state index contributed by atoms with van der Waals surface area (Å²) < 4.78 is 61.1. The van der Waals surface area contributed by atoms with Crippen molar-refractivity contribution in [2.45, 2.75) is 30.5 Å². The molecule has 0 radical (unpaired) electrons. The van der Waals surface area contributed by atoms with Gasteiger partial charge in [-0.3, -0.25) is 5.32 Å². The summed E-state index contributed by atoms with van der Waals surface area (Å²) >= 11 is 0. The van der Waals surface area contributed by atoms with Crippen LogP contribution >= 0.6 is 0 Å². The van der Waals surface area contributed by atoms with E-state index in [1.54, 1.807) is 0 Å². The van der Waals surface area contributed by atoms with E-state index in [4.69, 9.17) is 14.2 Å². The highest BCUT2D eigenvalue weighted by atomic mass is 19.4. The molecule has 1 amide bonds. The number of aromatic nitrogens is 3. The minimum Gasteiger partial charge on any atom is -0.464 e. The number of nitrogens with zero attached hydrogens (tertiary/aromatic N) is 3. The molecule has 10 nitrogen and oxygen atoms in total. The Morgan fingerprint density at radius 1 is 1.23 bits per heavy atom. The number of rotatable bonds is 4. The van der Waals surface area contributed by atoms with Gasteiger partial charge in [0, 0.05) is 5.69 Å². The number of ether oxygens (including phenoxy) is 4. The third kappa shape index (κ3) is 4.32. The Morgan fingerprint density at radius 2 is 2.00 bits per heavy atom. The highest BCUT2D eigenvalue weighted by Crippen LogP contribution is 2.35. The van der Waals surface area contributed by atoms with Crippen LogP contribution < -0.4 is 5.32 Å². The molecule has 3 heterocycles. The Balaban J connectivity index is 1.37. The fourth-order valence-corrected chi connectivity index (χ4v) is 3.47. The molecule has 0 saturated carbocycles. The Morgan fingerprint density at radius 3 is 2.74 bits per heavy atom. The van der Waals surface area contributed by atoms with Gasteiger partial charge in [-0.05, 0) is 18.2 Å². The molecule has 1 aromatic heterocycles. The SMILES string of the molecule is COC(=O)c1cn(C2COC3C(OC(=O)Nc4cccc(C(F)(F)F)c4)COC32)nn1. The molecule has 2 aromatic rings. The third-order valence-corrected chi connectivity index (χ3v) is 4.92. The van der Waals surface area contributed by atoms with E-state index in [1.807, 2.05) is 0 Å². The van der Waals surface area contributed by atoms with E-state index in [-0.39, 0.29) is 24.6 Å². The summed E-state index contributed by atoms with van der Waals surface area (Å²) in [4.78, 5) is 23.7. The number of carbonyl (C=O) groups excluding carboxylic acids is 2. The fourth-order valence-electron chi connectivity index (χ4n) is 3.47. The van der Waals surface area contributed by atoms with Crippen molar-refractivity contribution in [1.82, 2.24) is 15.0 Å². The fraction of sp³-hybridized carbons (Fsp3) is 0.444. The van der Waals surface area contributed by atoms with Crippen molar-refractivity contribution in [2.24, 2.45) is 0 Å². The van der Waals surface area contributed by atoms with Gasteiger partial charge in [0.15, 0.2) is 11.8 Å². The minimum atomic E-state index is -4.53. The number of esters is 1. The first-order valence-corrected chi connectivity index (χ1v) is 9.14. The molecule has 2 aliphatic rings. The molecule has 4 rings (SSSR count). The van der Waals surface area contributed by atoms with Crippen molar-refractivity contribution in [2.75, 3.05) is 25.6 Å². The summed E-state index contributed by atoms with van der Waals surface area (Å²) in [5.74, 6) is -0.637. The minimum absolute atomic E-state index is 0.0252. The van der Waals surface area contributed by atoms with E-state index in [1.165, 1.54) is 30.1 Å². The largest absolute Gasteiger partial charge is 0.464 e. The molecule has 4 atom stereocenters. The first-order chi connectivity index (χ1) is 14.8. The number of benzene rings is 1. The molecule has 0 spiro atoms.